The standard InChI is InChI=1S/C14H12O2S/c15-12-6-8-13(9-7-12)17-10-14(16)11-4-2-1-3-5-11/h1-9,15H,10H2. The van der Waals surface area contributed by atoms with Gasteiger partial charge in [0.15, 0.2) is 5.78 Å². The Balaban J connectivity index is 1.95. The van der Waals surface area contributed by atoms with Gasteiger partial charge in [0, 0.05) is 10.5 Å². The predicted molar refractivity (Wildman–Crippen MR) is 69.6 cm³/mol. The van der Waals surface area contributed by atoms with Crippen LogP contribution in [0.2, 0.25) is 0 Å². The van der Waals surface area contributed by atoms with E-state index in [2.05, 4.69) is 0 Å². The lowest BCUT2D eigenvalue weighted by atomic mass is 10.2. The second kappa shape index (κ2) is 5.55. The van der Waals surface area contributed by atoms with Gasteiger partial charge < -0.3 is 5.11 Å². The van der Waals surface area contributed by atoms with E-state index in [0.29, 0.717) is 5.75 Å². The quantitative estimate of drug-likeness (QED) is 0.662. The summed E-state index contributed by atoms with van der Waals surface area (Å²) in [7, 11) is 0. The zero-order chi connectivity index (χ0) is 12.1. The van der Waals surface area contributed by atoms with Crippen molar-refractivity contribution in [3.05, 3.63) is 60.2 Å². The second-order valence-electron chi connectivity index (χ2n) is 3.57. The Morgan fingerprint density at radius 3 is 2.29 bits per heavy atom. The fourth-order valence-electron chi connectivity index (χ4n) is 1.40. The van der Waals surface area contributed by atoms with E-state index in [4.69, 9.17) is 5.11 Å². The molecule has 2 aromatic carbocycles. The number of benzene rings is 2. The summed E-state index contributed by atoms with van der Waals surface area (Å²) in [6, 6.07) is 16.1. The maximum absolute atomic E-state index is 11.8. The molecular weight excluding hydrogens is 232 g/mol. The number of carbonyl (C=O) groups excluding carboxylic acids is 1. The average molecular weight is 244 g/mol. The van der Waals surface area contributed by atoms with Crippen LogP contribution in [0.1, 0.15) is 10.4 Å². The van der Waals surface area contributed by atoms with Crippen LogP contribution >= 0.6 is 11.8 Å². The number of ketones is 1. The molecule has 86 valence electrons. The minimum absolute atomic E-state index is 0.115. The van der Waals surface area contributed by atoms with Crippen LogP contribution in [0.5, 0.6) is 5.75 Å². The third kappa shape index (κ3) is 3.36. The van der Waals surface area contributed by atoms with Gasteiger partial charge in [-0.3, -0.25) is 4.79 Å². The normalized spacial score (nSPS) is 10.1. The summed E-state index contributed by atoms with van der Waals surface area (Å²) in [4.78, 5) is 12.8. The largest absolute Gasteiger partial charge is 0.508 e. The molecule has 2 aromatic rings. The van der Waals surface area contributed by atoms with Gasteiger partial charge >= 0.3 is 0 Å². The number of carbonyl (C=O) groups is 1. The van der Waals surface area contributed by atoms with E-state index in [9.17, 15) is 4.79 Å². The fourth-order valence-corrected chi connectivity index (χ4v) is 2.19. The Labute approximate surface area is 104 Å². The molecule has 0 bridgehead atoms. The Morgan fingerprint density at radius 2 is 1.65 bits per heavy atom. The highest BCUT2D eigenvalue weighted by Gasteiger charge is 2.05. The first-order valence-corrected chi connectivity index (χ1v) is 6.24. The SMILES string of the molecule is O=C(CSc1ccc(O)cc1)c1ccccc1. The van der Waals surface area contributed by atoms with E-state index in [1.807, 2.05) is 30.3 Å². The van der Waals surface area contributed by atoms with Gasteiger partial charge in [0.25, 0.3) is 0 Å². The molecule has 0 saturated carbocycles. The summed E-state index contributed by atoms with van der Waals surface area (Å²) in [6.45, 7) is 0. The van der Waals surface area contributed by atoms with Crippen LogP contribution in [-0.4, -0.2) is 16.6 Å². The van der Waals surface area contributed by atoms with Crippen LogP contribution in [-0.2, 0) is 0 Å². The highest BCUT2D eigenvalue weighted by atomic mass is 32.2. The number of rotatable bonds is 4. The number of aromatic hydroxyl groups is 1. The number of Topliss-reactive ketones (excluding diaryl/α,β-unsaturated/α-hetero) is 1. The maximum atomic E-state index is 11.8. The molecule has 2 nitrogen and oxygen atoms in total. The second-order valence-corrected chi connectivity index (χ2v) is 4.62. The van der Waals surface area contributed by atoms with Gasteiger partial charge in [-0.2, -0.15) is 0 Å². The molecule has 0 aliphatic heterocycles. The summed E-state index contributed by atoms with van der Waals surface area (Å²) in [5.74, 6) is 0.766. The number of hydrogen-bond acceptors (Lipinski definition) is 3. The van der Waals surface area contributed by atoms with Crippen molar-refractivity contribution in [1.29, 1.82) is 0 Å². The van der Waals surface area contributed by atoms with Gasteiger partial charge in [-0.15, -0.1) is 11.8 Å². The van der Waals surface area contributed by atoms with E-state index < -0.39 is 0 Å². The average Bonchev–Trinajstić information content (AvgIpc) is 2.39. The lowest BCUT2D eigenvalue weighted by molar-refractivity contribution is 0.102. The van der Waals surface area contributed by atoms with Gasteiger partial charge in [-0.05, 0) is 24.3 Å². The zero-order valence-electron chi connectivity index (χ0n) is 9.17. The molecule has 3 heteroatoms. The molecule has 17 heavy (non-hydrogen) atoms. The van der Waals surface area contributed by atoms with Gasteiger partial charge in [-0.1, -0.05) is 30.3 Å². The summed E-state index contributed by atoms with van der Waals surface area (Å²) < 4.78 is 0. The number of thioether (sulfide) groups is 1. The fraction of sp³-hybridized carbons (Fsp3) is 0.0714. The van der Waals surface area contributed by atoms with Crippen molar-refractivity contribution in [2.45, 2.75) is 4.90 Å². The van der Waals surface area contributed by atoms with Crippen LogP contribution in [0.25, 0.3) is 0 Å². The summed E-state index contributed by atoms with van der Waals surface area (Å²) in [5, 5.41) is 9.14. The summed E-state index contributed by atoms with van der Waals surface area (Å²) in [5.41, 5.74) is 0.735. The molecule has 0 saturated heterocycles. The van der Waals surface area contributed by atoms with Gasteiger partial charge in [0.2, 0.25) is 0 Å². The van der Waals surface area contributed by atoms with E-state index in [-0.39, 0.29) is 11.5 Å². The van der Waals surface area contributed by atoms with Crippen molar-refractivity contribution in [3.63, 3.8) is 0 Å². The molecular formula is C14H12O2S. The third-order valence-corrected chi connectivity index (χ3v) is 3.31. The Hall–Kier alpha value is -1.74. The maximum Gasteiger partial charge on any atom is 0.173 e. The molecule has 0 spiro atoms. The molecule has 0 aromatic heterocycles. The summed E-state index contributed by atoms with van der Waals surface area (Å²) >= 11 is 1.47. The van der Waals surface area contributed by atoms with Crippen LogP contribution < -0.4 is 0 Å². The summed E-state index contributed by atoms with van der Waals surface area (Å²) in [6.07, 6.45) is 0. The van der Waals surface area contributed by atoms with Crippen molar-refractivity contribution < 1.29 is 9.90 Å². The predicted octanol–water partition coefficient (Wildman–Crippen LogP) is 3.37. The van der Waals surface area contributed by atoms with Crippen molar-refractivity contribution >= 4 is 17.5 Å². The molecule has 1 N–H and O–H groups in total. The van der Waals surface area contributed by atoms with Gasteiger partial charge in [0.1, 0.15) is 5.75 Å². The molecule has 0 fully saturated rings. The Bertz CT molecular complexity index is 491. The third-order valence-electron chi connectivity index (χ3n) is 2.30. The first kappa shape index (κ1) is 11.7. The van der Waals surface area contributed by atoms with Crippen molar-refractivity contribution in [3.8, 4) is 5.75 Å². The highest BCUT2D eigenvalue weighted by Crippen LogP contribution is 2.21. The zero-order valence-corrected chi connectivity index (χ0v) is 9.98. The highest BCUT2D eigenvalue weighted by molar-refractivity contribution is 8.00. The van der Waals surface area contributed by atoms with Crippen LogP contribution in [0, 0.1) is 0 Å². The minimum atomic E-state index is 0.115. The lowest BCUT2D eigenvalue weighted by Crippen LogP contribution is -2.01. The van der Waals surface area contributed by atoms with Crippen molar-refractivity contribution in [2.75, 3.05) is 5.75 Å². The molecule has 0 aliphatic carbocycles. The first-order chi connectivity index (χ1) is 8.25. The van der Waals surface area contributed by atoms with E-state index in [1.165, 1.54) is 11.8 Å². The Kier molecular flexibility index (Phi) is 3.83. The topological polar surface area (TPSA) is 37.3 Å². The van der Waals surface area contributed by atoms with Crippen molar-refractivity contribution in [1.82, 2.24) is 0 Å². The van der Waals surface area contributed by atoms with Crippen LogP contribution in [0.15, 0.2) is 59.5 Å². The van der Waals surface area contributed by atoms with Gasteiger partial charge in [0.05, 0.1) is 5.75 Å². The van der Waals surface area contributed by atoms with Crippen LogP contribution in [0.4, 0.5) is 0 Å². The number of phenols is 1. The lowest BCUT2D eigenvalue weighted by Gasteiger charge is -2.01. The molecule has 2 rings (SSSR count). The van der Waals surface area contributed by atoms with E-state index >= 15 is 0 Å². The first-order valence-electron chi connectivity index (χ1n) is 5.26. The van der Waals surface area contributed by atoms with E-state index in [1.54, 1.807) is 24.3 Å². The number of hydrogen-bond donors (Lipinski definition) is 1. The smallest absolute Gasteiger partial charge is 0.173 e. The van der Waals surface area contributed by atoms with Crippen LogP contribution in [0.3, 0.4) is 0 Å². The van der Waals surface area contributed by atoms with Gasteiger partial charge in [-0.25, -0.2) is 0 Å². The molecule has 0 amide bonds. The van der Waals surface area contributed by atoms with E-state index in [0.717, 1.165) is 10.5 Å². The molecule has 0 unspecified atom stereocenters. The monoisotopic (exact) mass is 244 g/mol. The number of phenolic OH excluding ortho intramolecular Hbond substituents is 1. The van der Waals surface area contributed by atoms with Crippen molar-refractivity contribution in [2.24, 2.45) is 0 Å². The molecule has 0 heterocycles. The molecule has 0 aliphatic rings. The molecule has 0 atom stereocenters. The minimum Gasteiger partial charge on any atom is -0.508 e. The molecule has 0 radical (unpaired) electrons. The Morgan fingerprint density at radius 1 is 1.00 bits per heavy atom.